The van der Waals surface area contributed by atoms with Crippen molar-refractivity contribution in [1.29, 1.82) is 0 Å². The summed E-state index contributed by atoms with van der Waals surface area (Å²) in [5.74, 6) is 3.33. The number of fused-ring (bicyclic) bond motifs is 3. The third kappa shape index (κ3) is 21.1. The summed E-state index contributed by atoms with van der Waals surface area (Å²) in [6.07, 6.45) is 5.62. The van der Waals surface area contributed by atoms with Crippen LogP contribution in [0.4, 0.5) is 0 Å². The Balaban J connectivity index is 0.000000165. The second-order valence-electron chi connectivity index (χ2n) is 37.0. The average Bonchev–Trinajstić information content (AvgIpc) is 1.65. The van der Waals surface area contributed by atoms with Crippen LogP contribution in [0.25, 0.3) is 168 Å². The normalized spacial score (nSPS) is 11.6. The van der Waals surface area contributed by atoms with Crippen molar-refractivity contribution in [2.24, 2.45) is 0 Å². The predicted octanol–water partition coefficient (Wildman–Crippen LogP) is 30.6. The van der Waals surface area contributed by atoms with E-state index < -0.39 is 0 Å². The third-order valence-electron chi connectivity index (χ3n) is 23.2. The summed E-state index contributed by atoms with van der Waals surface area (Å²) in [7, 11) is 0. The first-order valence-corrected chi connectivity index (χ1v) is 43.4. The predicted molar refractivity (Wildman–Crippen MR) is 515 cm³/mol. The maximum Gasteiger partial charge on any atom is 0.230 e. The number of benzene rings is 12. The number of hydrogen-bond acceptors (Lipinski definition) is 12. The Labute approximate surface area is 800 Å². The molecular weight excluding hydrogens is 2130 g/mol. The number of phenols is 3. The third-order valence-corrected chi connectivity index (χ3v) is 23.2. The quantitative estimate of drug-likeness (QED) is 0.0781. The molecule has 129 heavy (non-hydrogen) atoms. The van der Waals surface area contributed by atoms with Gasteiger partial charge in [-0.2, -0.15) is 0 Å². The molecule has 12 aromatic carbocycles. The number of para-hydroxylation sites is 4. The minimum absolute atomic E-state index is 0. The van der Waals surface area contributed by atoms with Crippen molar-refractivity contribution < 1.29 is 91.8 Å². The summed E-state index contributed by atoms with van der Waals surface area (Å²) < 4.78 is 18.6. The van der Waals surface area contributed by atoms with Crippen LogP contribution in [-0.4, -0.2) is 45.2 Å². The van der Waals surface area contributed by atoms with Crippen LogP contribution in [0, 0.1) is 18.2 Å². The smallest absolute Gasteiger partial charge is 0.230 e. The van der Waals surface area contributed by atoms with E-state index in [9.17, 15) is 15.3 Å². The number of rotatable bonds is 16. The molecule has 0 atom stereocenters. The fourth-order valence-corrected chi connectivity index (χ4v) is 15.6. The maximum atomic E-state index is 10.6. The van der Waals surface area contributed by atoms with Crippen LogP contribution >= 0.6 is 0 Å². The molecular formula is C114H105N6O6Pt3-3. The van der Waals surface area contributed by atoms with E-state index in [1.807, 2.05) is 116 Å². The second-order valence-corrected chi connectivity index (χ2v) is 37.0. The van der Waals surface area contributed by atoms with Gasteiger partial charge in [0.2, 0.25) is 17.7 Å². The van der Waals surface area contributed by atoms with Gasteiger partial charge in [0.1, 0.15) is 34.0 Å². The number of aromatic hydroxyl groups is 3. The summed E-state index contributed by atoms with van der Waals surface area (Å²) in [4.78, 5) is 28.8. The number of pyridine rings is 3. The summed E-state index contributed by atoms with van der Waals surface area (Å²) in [5.41, 5.74) is 32.1. The van der Waals surface area contributed by atoms with Crippen molar-refractivity contribution in [2.75, 3.05) is 0 Å². The van der Waals surface area contributed by atoms with Crippen LogP contribution in [0.2, 0.25) is 0 Å². The van der Waals surface area contributed by atoms with Crippen LogP contribution in [0.3, 0.4) is 0 Å². The van der Waals surface area contributed by atoms with Gasteiger partial charge in [0.05, 0.1) is 33.2 Å². The van der Waals surface area contributed by atoms with Gasteiger partial charge in [0.25, 0.3) is 0 Å². The van der Waals surface area contributed by atoms with Gasteiger partial charge >= 0.3 is 0 Å². The van der Waals surface area contributed by atoms with E-state index in [0.717, 1.165) is 117 Å². The Morgan fingerprint density at radius 3 is 0.961 bits per heavy atom. The van der Waals surface area contributed by atoms with Crippen molar-refractivity contribution in [3.63, 3.8) is 0 Å². The van der Waals surface area contributed by atoms with Gasteiger partial charge in [0.15, 0.2) is 0 Å². The Morgan fingerprint density at radius 2 is 0.566 bits per heavy atom. The van der Waals surface area contributed by atoms with Crippen molar-refractivity contribution in [3.8, 4) is 152 Å². The Morgan fingerprint density at radius 1 is 0.256 bits per heavy atom. The molecule has 6 aromatic heterocycles. The van der Waals surface area contributed by atoms with E-state index in [1.165, 1.54) is 38.9 Å². The first-order chi connectivity index (χ1) is 60.3. The largest absolute Gasteiger partial charge is 0.507 e. The van der Waals surface area contributed by atoms with E-state index in [4.69, 9.17) is 38.2 Å². The molecule has 0 radical (unpaired) electrons. The van der Waals surface area contributed by atoms with E-state index in [1.54, 1.807) is 42.5 Å². The number of hydrogen-bond donors (Lipinski definition) is 3. The molecule has 0 aliphatic heterocycles. The van der Waals surface area contributed by atoms with Gasteiger partial charge in [-0.3, -0.25) is 15.0 Å². The summed E-state index contributed by atoms with van der Waals surface area (Å²) in [5, 5.41) is 31.4. The minimum Gasteiger partial charge on any atom is -0.507 e. The first kappa shape index (κ1) is 94.6. The zero-order valence-corrected chi connectivity index (χ0v) is 82.5. The van der Waals surface area contributed by atoms with E-state index in [0.29, 0.717) is 74.8 Å². The Kier molecular flexibility index (Phi) is 29.0. The Bertz CT molecular complexity index is 7010. The summed E-state index contributed by atoms with van der Waals surface area (Å²) in [6.45, 7) is 37.9. The first-order valence-electron chi connectivity index (χ1n) is 43.4. The number of oxazole rings is 3. The maximum absolute atomic E-state index is 10.6. The molecule has 0 saturated heterocycles. The van der Waals surface area contributed by atoms with Gasteiger partial charge < -0.3 is 28.6 Å². The van der Waals surface area contributed by atoms with Crippen LogP contribution in [0.15, 0.2) is 299 Å². The number of nitrogens with zero attached hydrogens (tertiary/aromatic N) is 6. The molecule has 18 rings (SSSR count). The molecule has 0 fully saturated rings. The number of phenolic OH excluding ortho intramolecular Hbond substituents is 3. The molecule has 15 heteroatoms. The van der Waals surface area contributed by atoms with Gasteiger partial charge in [-0.1, -0.05) is 297 Å². The molecule has 3 N–H and O–H groups in total. The van der Waals surface area contributed by atoms with Crippen LogP contribution in [0.1, 0.15) is 180 Å². The number of aromatic nitrogens is 6. The molecule has 660 valence electrons. The molecule has 0 aliphatic carbocycles. The van der Waals surface area contributed by atoms with Crippen molar-refractivity contribution in [1.82, 2.24) is 29.9 Å². The summed E-state index contributed by atoms with van der Waals surface area (Å²) in [6, 6.07) is 100. The van der Waals surface area contributed by atoms with Crippen molar-refractivity contribution in [3.05, 3.63) is 343 Å². The van der Waals surface area contributed by atoms with Gasteiger partial charge in [-0.15, -0.1) is 89.0 Å². The van der Waals surface area contributed by atoms with E-state index >= 15 is 0 Å². The van der Waals surface area contributed by atoms with Gasteiger partial charge in [-0.05, 0) is 179 Å². The molecule has 0 bridgehead atoms. The molecule has 18 aromatic rings. The fraction of sp³-hybridized carbons (Fsp3) is 0.211. The van der Waals surface area contributed by atoms with Crippen LogP contribution in [-0.2, 0) is 79.4 Å². The van der Waals surface area contributed by atoms with Crippen LogP contribution < -0.4 is 0 Å². The minimum atomic E-state index is -0.134. The molecule has 0 saturated carbocycles. The molecule has 12 nitrogen and oxygen atoms in total. The molecule has 0 spiro atoms. The molecule has 0 unspecified atom stereocenters. The average molecular weight is 2240 g/mol. The summed E-state index contributed by atoms with van der Waals surface area (Å²) >= 11 is 0. The molecule has 0 aliphatic rings. The topological polar surface area (TPSA) is 177 Å². The SMILES string of the molecule is CC(C)c1cc(-c2ccnc(-c3[c-]c(-c4cc(C(C)(C)C)cc5oc(-c6ccccc6O)nc45)cc(C(C)(C)C)c3)c2)cc(C(C)C)c1.CC(C)c1cc(-c2ccnc(-c3[c-]c(-c4cc(C(C)(C)C)cc5oc(-c6ccccc6O)nc45)ccc3)c2)cc(C(C)C)c1.Oc1ccccc1-c1nc2c(-c3[c-]c(-c4cc(-c5ccccc5)ccn4)ccc3)cccc2o1.[Pt].[Pt].[Pt]. The van der Waals surface area contributed by atoms with Crippen molar-refractivity contribution in [2.45, 2.75) is 158 Å². The van der Waals surface area contributed by atoms with Crippen molar-refractivity contribution >= 4 is 33.3 Å². The zero-order valence-electron chi connectivity index (χ0n) is 75.6. The molecule has 6 heterocycles. The molecule has 0 amide bonds. The Hall–Kier alpha value is -12.0. The van der Waals surface area contributed by atoms with Gasteiger partial charge in [0, 0.05) is 98.9 Å². The fourth-order valence-electron chi connectivity index (χ4n) is 15.6. The standard InChI is InChI=1S/C44H47N2O2.C40H39N2O2.C30H19N2O2.3Pt/c1-26(2)29-17-30(27(3)4)19-31(18-29)28-15-16-45-38(23-28)33-20-32(21-34(22-33)43(5,6)7)37-24-35(44(8,9)10)25-40-41(37)46-42(48-40)36-13-11-12-14-39(36)47;1-24(2)29-18-30(25(3)4)20-31(19-29)26-15-16-41-35(21-26)28-12-10-11-27(17-28)34-22-32(40(5,6)7)23-37-38(34)42-39(44-37)33-13-8-9-14-36(33)43;33-27-14-5-4-12-25(27)30-32-29-24(13-7-15-28(29)34-30)22-10-6-11-23(18-22)26-19-21(16-17-31-26)20-8-2-1-3-9-20;;;/h11-19,21-27,47H,1-10H3;8-16,18-25,43H,1-7H3;1-17,19,33H;;;/q3*-1;;;. The van der Waals surface area contributed by atoms with E-state index in [-0.39, 0.29) is 96.7 Å². The van der Waals surface area contributed by atoms with Gasteiger partial charge in [-0.25, -0.2) is 15.0 Å². The monoisotopic (exact) mass is 2240 g/mol. The second kappa shape index (κ2) is 39.5. The van der Waals surface area contributed by atoms with E-state index in [2.05, 4.69) is 268 Å². The van der Waals surface area contributed by atoms with Crippen LogP contribution in [0.5, 0.6) is 17.2 Å². The zero-order chi connectivity index (χ0) is 88.6.